The molecule has 0 aliphatic rings. The number of phenols is 1. The number of anilines is 1. The Hall–Kier alpha value is -1.94. The summed E-state index contributed by atoms with van der Waals surface area (Å²) in [5.41, 5.74) is 1.31. The van der Waals surface area contributed by atoms with Gasteiger partial charge < -0.3 is 14.7 Å². The number of aromatic hydroxyl groups is 1. The maximum Gasteiger partial charge on any atom is 0.176 e. The van der Waals surface area contributed by atoms with Crippen LogP contribution in [0.2, 0.25) is 5.02 Å². The van der Waals surface area contributed by atoms with E-state index in [0.29, 0.717) is 18.0 Å². The molecule has 0 radical (unpaired) electrons. The molecule has 0 saturated heterocycles. The van der Waals surface area contributed by atoms with E-state index in [1.807, 2.05) is 0 Å². The van der Waals surface area contributed by atoms with E-state index in [1.165, 1.54) is 13.2 Å². The predicted octanol–water partition coefficient (Wildman–Crippen LogP) is 3.83. The smallest absolute Gasteiger partial charge is 0.176 e. The minimum Gasteiger partial charge on any atom is -0.503 e. The van der Waals surface area contributed by atoms with Crippen LogP contribution in [-0.4, -0.2) is 19.3 Å². The van der Waals surface area contributed by atoms with Crippen LogP contribution in [0.3, 0.4) is 0 Å². The molecule has 2 aromatic carbocycles. The van der Waals surface area contributed by atoms with Crippen molar-refractivity contribution in [2.75, 3.05) is 19.1 Å². The van der Waals surface area contributed by atoms with Crippen LogP contribution in [0, 0.1) is 5.82 Å². The summed E-state index contributed by atoms with van der Waals surface area (Å²) in [6.45, 7) is 0.442. The number of rotatable bonds is 4. The van der Waals surface area contributed by atoms with Gasteiger partial charge in [0.15, 0.2) is 11.5 Å². The van der Waals surface area contributed by atoms with E-state index in [4.69, 9.17) is 16.3 Å². The largest absolute Gasteiger partial charge is 0.503 e. The molecule has 20 heavy (non-hydrogen) atoms. The molecular weight excluding hydrogens is 281 g/mol. The molecule has 0 atom stereocenters. The molecule has 1 N–H and O–H groups in total. The van der Waals surface area contributed by atoms with E-state index >= 15 is 0 Å². The van der Waals surface area contributed by atoms with Crippen molar-refractivity contribution >= 4 is 17.3 Å². The Labute approximate surface area is 122 Å². The molecule has 0 aromatic heterocycles. The summed E-state index contributed by atoms with van der Waals surface area (Å²) in [4.78, 5) is 1.76. The van der Waals surface area contributed by atoms with Crippen molar-refractivity contribution < 1.29 is 14.2 Å². The summed E-state index contributed by atoms with van der Waals surface area (Å²) in [6.07, 6.45) is 0. The van der Waals surface area contributed by atoms with Crippen molar-refractivity contribution in [2.24, 2.45) is 0 Å². The first-order chi connectivity index (χ1) is 9.52. The highest BCUT2D eigenvalue weighted by atomic mass is 35.5. The zero-order valence-electron chi connectivity index (χ0n) is 11.2. The maximum absolute atomic E-state index is 13.7. The lowest BCUT2D eigenvalue weighted by molar-refractivity contribution is 0.373. The number of benzene rings is 2. The molecule has 2 rings (SSSR count). The van der Waals surface area contributed by atoms with Gasteiger partial charge in [-0.1, -0.05) is 23.7 Å². The standard InChI is InChI=1S/C15H15ClFNO2/c1-18(13-6-4-3-5-12(13)17)9-10-7-11(16)15(19)14(8-10)20-2/h3-8,19H,9H2,1-2H3. The number of hydrogen-bond acceptors (Lipinski definition) is 3. The second-order valence-electron chi connectivity index (χ2n) is 4.44. The number of phenolic OH excluding ortho intramolecular Hbond substituents is 1. The Balaban J connectivity index is 2.26. The van der Waals surface area contributed by atoms with Gasteiger partial charge in [0.1, 0.15) is 5.82 Å². The second kappa shape index (κ2) is 6.01. The van der Waals surface area contributed by atoms with Crippen molar-refractivity contribution in [3.05, 3.63) is 52.8 Å². The van der Waals surface area contributed by atoms with E-state index in [-0.39, 0.29) is 16.6 Å². The third-order valence-electron chi connectivity index (χ3n) is 2.99. The van der Waals surface area contributed by atoms with Gasteiger partial charge in [0.05, 0.1) is 17.8 Å². The van der Waals surface area contributed by atoms with Crippen LogP contribution in [-0.2, 0) is 6.54 Å². The summed E-state index contributed by atoms with van der Waals surface area (Å²) in [5, 5.41) is 9.90. The van der Waals surface area contributed by atoms with Crippen molar-refractivity contribution in [3.63, 3.8) is 0 Å². The molecule has 106 valence electrons. The number of halogens is 2. The molecule has 0 amide bonds. The minimum atomic E-state index is -0.285. The van der Waals surface area contributed by atoms with Crippen molar-refractivity contribution in [1.29, 1.82) is 0 Å². The van der Waals surface area contributed by atoms with Crippen LogP contribution < -0.4 is 9.64 Å². The van der Waals surface area contributed by atoms with Crippen molar-refractivity contribution in [2.45, 2.75) is 6.54 Å². The van der Waals surface area contributed by atoms with Gasteiger partial charge in [0.2, 0.25) is 0 Å². The highest BCUT2D eigenvalue weighted by molar-refractivity contribution is 6.32. The highest BCUT2D eigenvalue weighted by Gasteiger charge is 2.12. The minimum absolute atomic E-state index is 0.0912. The van der Waals surface area contributed by atoms with Gasteiger partial charge in [-0.05, 0) is 29.8 Å². The summed E-state index contributed by atoms with van der Waals surface area (Å²) >= 11 is 5.94. The molecule has 3 nitrogen and oxygen atoms in total. The molecular formula is C15H15ClFNO2. The van der Waals surface area contributed by atoms with Crippen LogP contribution in [0.5, 0.6) is 11.5 Å². The normalized spacial score (nSPS) is 10.4. The molecule has 2 aromatic rings. The van der Waals surface area contributed by atoms with E-state index in [9.17, 15) is 9.50 Å². The van der Waals surface area contributed by atoms with Gasteiger partial charge in [-0.2, -0.15) is 0 Å². The Morgan fingerprint density at radius 2 is 2.00 bits per heavy atom. The maximum atomic E-state index is 13.7. The first-order valence-corrected chi connectivity index (χ1v) is 6.41. The average Bonchev–Trinajstić information content (AvgIpc) is 2.43. The van der Waals surface area contributed by atoms with Gasteiger partial charge >= 0.3 is 0 Å². The summed E-state index contributed by atoms with van der Waals surface area (Å²) in [6, 6.07) is 9.85. The molecule has 0 heterocycles. The molecule has 0 spiro atoms. The summed E-state index contributed by atoms with van der Waals surface area (Å²) < 4.78 is 18.7. The topological polar surface area (TPSA) is 32.7 Å². The molecule has 0 aliphatic carbocycles. The number of para-hydroxylation sites is 1. The number of hydrogen-bond donors (Lipinski definition) is 1. The van der Waals surface area contributed by atoms with E-state index in [0.717, 1.165) is 5.56 Å². The first-order valence-electron chi connectivity index (χ1n) is 6.04. The Bertz CT molecular complexity index is 619. The Morgan fingerprint density at radius 3 is 2.65 bits per heavy atom. The number of methoxy groups -OCH3 is 1. The zero-order valence-corrected chi connectivity index (χ0v) is 12.0. The van der Waals surface area contributed by atoms with Crippen LogP contribution in [0.4, 0.5) is 10.1 Å². The number of nitrogens with zero attached hydrogens (tertiary/aromatic N) is 1. The third-order valence-corrected chi connectivity index (χ3v) is 3.28. The zero-order chi connectivity index (χ0) is 14.7. The van der Waals surface area contributed by atoms with Crippen molar-refractivity contribution in [1.82, 2.24) is 0 Å². The quantitative estimate of drug-likeness (QED) is 0.930. The molecule has 0 bridgehead atoms. The molecule has 0 fully saturated rings. The van der Waals surface area contributed by atoms with Gasteiger partial charge in [-0.25, -0.2) is 4.39 Å². The van der Waals surface area contributed by atoms with Crippen LogP contribution in [0.15, 0.2) is 36.4 Å². The van der Waals surface area contributed by atoms with Gasteiger partial charge in [-0.3, -0.25) is 0 Å². The monoisotopic (exact) mass is 295 g/mol. The van der Waals surface area contributed by atoms with E-state index in [1.54, 1.807) is 42.3 Å². The van der Waals surface area contributed by atoms with Crippen LogP contribution in [0.1, 0.15) is 5.56 Å². The fraction of sp³-hybridized carbons (Fsp3) is 0.200. The lowest BCUT2D eigenvalue weighted by Crippen LogP contribution is -2.17. The highest BCUT2D eigenvalue weighted by Crippen LogP contribution is 2.35. The summed E-state index contributed by atoms with van der Waals surface area (Å²) in [5.74, 6) is -0.0762. The molecule has 0 aliphatic heterocycles. The SMILES string of the molecule is COc1cc(CN(C)c2ccccc2F)cc(Cl)c1O. The number of ether oxygens (including phenoxy) is 1. The van der Waals surface area contributed by atoms with Crippen LogP contribution >= 0.6 is 11.6 Å². The fourth-order valence-electron chi connectivity index (χ4n) is 1.99. The molecule has 0 unspecified atom stereocenters. The lowest BCUT2D eigenvalue weighted by atomic mass is 10.1. The summed E-state index contributed by atoms with van der Waals surface area (Å²) in [7, 11) is 3.24. The fourth-order valence-corrected chi connectivity index (χ4v) is 2.23. The second-order valence-corrected chi connectivity index (χ2v) is 4.84. The predicted molar refractivity (Wildman–Crippen MR) is 78.2 cm³/mol. The lowest BCUT2D eigenvalue weighted by Gasteiger charge is -2.20. The first kappa shape index (κ1) is 14.5. The van der Waals surface area contributed by atoms with Gasteiger partial charge in [-0.15, -0.1) is 0 Å². The Morgan fingerprint density at radius 1 is 1.30 bits per heavy atom. The molecule has 5 heteroatoms. The average molecular weight is 296 g/mol. The molecule has 0 saturated carbocycles. The van der Waals surface area contributed by atoms with Gasteiger partial charge in [0, 0.05) is 13.6 Å². The van der Waals surface area contributed by atoms with E-state index in [2.05, 4.69) is 0 Å². The third kappa shape index (κ3) is 2.96. The van der Waals surface area contributed by atoms with Crippen molar-refractivity contribution in [3.8, 4) is 11.5 Å². The van der Waals surface area contributed by atoms with Gasteiger partial charge in [0.25, 0.3) is 0 Å². The van der Waals surface area contributed by atoms with E-state index < -0.39 is 0 Å². The Kier molecular flexibility index (Phi) is 4.35. The van der Waals surface area contributed by atoms with Crippen LogP contribution in [0.25, 0.3) is 0 Å².